The van der Waals surface area contributed by atoms with Crippen LogP contribution in [0.15, 0.2) is 58.9 Å². The van der Waals surface area contributed by atoms with Crippen molar-refractivity contribution >= 4 is 38.1 Å². The lowest BCUT2D eigenvalue weighted by Crippen LogP contribution is -2.32. The molecule has 1 amide bonds. The van der Waals surface area contributed by atoms with Crippen LogP contribution in [-0.4, -0.2) is 32.0 Å². The lowest BCUT2D eigenvalue weighted by atomic mass is 10.2. The molecule has 164 valence electrons. The second kappa shape index (κ2) is 8.61. The van der Waals surface area contributed by atoms with Crippen LogP contribution in [0.2, 0.25) is 0 Å². The van der Waals surface area contributed by atoms with Gasteiger partial charge in [-0.05, 0) is 30.3 Å². The Morgan fingerprint density at radius 1 is 1.29 bits per heavy atom. The minimum Gasteiger partial charge on any atom is -0.480 e. The summed E-state index contributed by atoms with van der Waals surface area (Å²) in [7, 11) is -3.77. The summed E-state index contributed by atoms with van der Waals surface area (Å²) in [5.41, 5.74) is 6.37. The zero-order valence-electron chi connectivity index (χ0n) is 16.2. The Morgan fingerprint density at radius 2 is 2.06 bits per heavy atom. The second-order valence-corrected chi connectivity index (χ2v) is 9.36. The fourth-order valence-corrected chi connectivity index (χ4v) is 4.99. The van der Waals surface area contributed by atoms with Gasteiger partial charge in [0.2, 0.25) is 0 Å². The van der Waals surface area contributed by atoms with Crippen molar-refractivity contribution in [2.45, 2.75) is 24.0 Å². The van der Waals surface area contributed by atoms with Crippen LogP contribution in [0, 0.1) is 5.82 Å². The number of rotatable bonds is 7. The van der Waals surface area contributed by atoms with E-state index in [1.807, 2.05) is 0 Å². The Morgan fingerprint density at radius 3 is 2.71 bits per heavy atom. The highest BCUT2D eigenvalue weighted by Gasteiger charge is 2.34. The van der Waals surface area contributed by atoms with Gasteiger partial charge in [-0.3, -0.25) is 9.52 Å². The van der Waals surface area contributed by atoms with E-state index in [0.717, 1.165) is 0 Å². The van der Waals surface area contributed by atoms with Crippen LogP contribution in [-0.2, 0) is 21.4 Å². The first-order chi connectivity index (χ1) is 14.9. The van der Waals surface area contributed by atoms with Crippen molar-refractivity contribution in [2.24, 2.45) is 5.73 Å². The summed E-state index contributed by atoms with van der Waals surface area (Å²) in [4.78, 5) is 18.2. The first-order valence-electron chi connectivity index (χ1n) is 9.36. The van der Waals surface area contributed by atoms with E-state index in [1.165, 1.54) is 46.7 Å². The highest BCUT2D eigenvalue weighted by Crippen LogP contribution is 2.27. The van der Waals surface area contributed by atoms with Crippen LogP contribution in [0.25, 0.3) is 0 Å². The Bertz CT molecular complexity index is 1190. The van der Waals surface area contributed by atoms with Crippen molar-refractivity contribution in [1.29, 1.82) is 0 Å². The first kappa shape index (κ1) is 21.2. The van der Waals surface area contributed by atoms with E-state index in [-0.39, 0.29) is 29.7 Å². The van der Waals surface area contributed by atoms with Crippen molar-refractivity contribution in [3.05, 3.63) is 65.4 Å². The lowest BCUT2D eigenvalue weighted by Gasteiger charge is -2.18. The number of thiazole rings is 1. The Labute approximate surface area is 184 Å². The van der Waals surface area contributed by atoms with Gasteiger partial charge in [0, 0.05) is 49.8 Å². The topological polar surface area (TPSA) is 115 Å². The largest absolute Gasteiger partial charge is 0.480 e. The van der Waals surface area contributed by atoms with Gasteiger partial charge in [0.05, 0.1) is 4.90 Å². The SMILES string of the molecule is NCc1ccc(OC2CCN(c3ccc(S(=O)(=O)Nc4nccs4)cc3)C2=O)cc1F.[HH]. The predicted octanol–water partition coefficient (Wildman–Crippen LogP) is 2.97. The summed E-state index contributed by atoms with van der Waals surface area (Å²) in [5.74, 6) is -0.505. The third kappa shape index (κ3) is 4.53. The Hall–Kier alpha value is -3.02. The maximum absolute atomic E-state index is 13.9. The van der Waals surface area contributed by atoms with Gasteiger partial charge >= 0.3 is 0 Å². The number of nitrogens with one attached hydrogen (secondary N) is 1. The standard InChI is InChI=1S/C20H19FN4O4S2.H2/c21-17-11-15(4-1-13(17)12-22)29-18-7-9-25(19(18)26)14-2-5-16(6-3-14)31(27,28)24-20-23-8-10-30-20;/h1-6,8,10-11,18H,7,9,12,22H2,(H,23,24);1H. The molecular weight excluding hydrogens is 443 g/mol. The molecule has 4 rings (SSSR count). The number of carbonyl (C=O) groups is 1. The molecule has 11 heteroatoms. The van der Waals surface area contributed by atoms with Crippen molar-refractivity contribution in [2.75, 3.05) is 16.2 Å². The zero-order valence-corrected chi connectivity index (χ0v) is 17.8. The van der Waals surface area contributed by atoms with Crippen molar-refractivity contribution < 1.29 is 23.8 Å². The van der Waals surface area contributed by atoms with Crippen LogP contribution in [0.5, 0.6) is 5.75 Å². The van der Waals surface area contributed by atoms with Gasteiger partial charge in [-0.25, -0.2) is 17.8 Å². The van der Waals surface area contributed by atoms with E-state index in [9.17, 15) is 17.6 Å². The van der Waals surface area contributed by atoms with E-state index in [1.54, 1.807) is 23.6 Å². The Balaban J connectivity index is 0.00000289. The molecule has 1 aromatic heterocycles. The average Bonchev–Trinajstić information content (AvgIpc) is 3.38. The van der Waals surface area contributed by atoms with Crippen LogP contribution < -0.4 is 20.1 Å². The third-order valence-electron chi connectivity index (χ3n) is 4.79. The normalized spacial score (nSPS) is 16.5. The molecular formula is C20H21FN4O4S2. The van der Waals surface area contributed by atoms with Gasteiger partial charge < -0.3 is 15.4 Å². The summed E-state index contributed by atoms with van der Waals surface area (Å²) in [6.45, 7) is 0.476. The van der Waals surface area contributed by atoms with Gasteiger partial charge in [0.25, 0.3) is 15.9 Å². The Kier molecular flexibility index (Phi) is 5.90. The van der Waals surface area contributed by atoms with Gasteiger partial charge in [0.15, 0.2) is 11.2 Å². The highest BCUT2D eigenvalue weighted by molar-refractivity contribution is 7.93. The molecule has 3 aromatic rings. The predicted molar refractivity (Wildman–Crippen MR) is 117 cm³/mol. The summed E-state index contributed by atoms with van der Waals surface area (Å²) in [6, 6.07) is 10.3. The molecule has 3 N–H and O–H groups in total. The number of halogens is 1. The number of hydrogen-bond acceptors (Lipinski definition) is 7. The van der Waals surface area contributed by atoms with Crippen molar-refractivity contribution in [3.8, 4) is 5.75 Å². The van der Waals surface area contributed by atoms with Gasteiger partial charge in [-0.1, -0.05) is 6.07 Å². The number of nitrogens with two attached hydrogens (primary N) is 1. The molecule has 0 bridgehead atoms. The molecule has 1 saturated heterocycles. The smallest absolute Gasteiger partial charge is 0.268 e. The molecule has 1 fully saturated rings. The van der Waals surface area contributed by atoms with Gasteiger partial charge in [-0.2, -0.15) is 0 Å². The van der Waals surface area contributed by atoms with Crippen LogP contribution >= 0.6 is 11.3 Å². The fraction of sp³-hybridized carbons (Fsp3) is 0.200. The summed E-state index contributed by atoms with van der Waals surface area (Å²) >= 11 is 1.17. The third-order valence-corrected chi connectivity index (χ3v) is 6.96. The molecule has 1 aliphatic rings. The van der Waals surface area contributed by atoms with E-state index in [0.29, 0.717) is 24.2 Å². The molecule has 2 aromatic carbocycles. The molecule has 0 spiro atoms. The number of benzene rings is 2. The molecule has 2 heterocycles. The molecule has 0 aliphatic carbocycles. The number of amides is 1. The number of anilines is 2. The van der Waals surface area contributed by atoms with E-state index < -0.39 is 21.9 Å². The molecule has 0 saturated carbocycles. The molecule has 8 nitrogen and oxygen atoms in total. The van der Waals surface area contributed by atoms with Crippen LogP contribution in [0.1, 0.15) is 13.4 Å². The zero-order chi connectivity index (χ0) is 22.0. The molecule has 1 aliphatic heterocycles. The monoisotopic (exact) mass is 464 g/mol. The second-order valence-electron chi connectivity index (χ2n) is 6.78. The summed E-state index contributed by atoms with van der Waals surface area (Å²) in [5, 5.41) is 1.94. The van der Waals surface area contributed by atoms with Crippen molar-refractivity contribution in [3.63, 3.8) is 0 Å². The van der Waals surface area contributed by atoms with Crippen LogP contribution in [0.3, 0.4) is 0 Å². The minimum absolute atomic E-state index is 0. The van der Waals surface area contributed by atoms with E-state index in [2.05, 4.69) is 9.71 Å². The molecule has 1 atom stereocenters. The van der Waals surface area contributed by atoms with E-state index >= 15 is 0 Å². The van der Waals surface area contributed by atoms with Crippen molar-refractivity contribution in [1.82, 2.24) is 4.98 Å². The number of ether oxygens (including phenoxy) is 1. The lowest BCUT2D eigenvalue weighted by molar-refractivity contribution is -0.122. The number of nitrogens with zero attached hydrogens (tertiary/aromatic N) is 2. The first-order valence-corrected chi connectivity index (χ1v) is 11.7. The number of hydrogen-bond donors (Lipinski definition) is 2. The quantitative estimate of drug-likeness (QED) is 0.556. The fourth-order valence-electron chi connectivity index (χ4n) is 3.20. The maximum atomic E-state index is 13.9. The molecule has 0 radical (unpaired) electrons. The van der Waals surface area contributed by atoms with Gasteiger partial charge in [-0.15, -0.1) is 11.3 Å². The highest BCUT2D eigenvalue weighted by atomic mass is 32.2. The maximum Gasteiger partial charge on any atom is 0.268 e. The molecule has 1 unspecified atom stereocenters. The number of aromatic nitrogens is 1. The summed E-state index contributed by atoms with van der Waals surface area (Å²) in [6.07, 6.45) is 1.17. The van der Waals surface area contributed by atoms with Gasteiger partial charge in [0.1, 0.15) is 11.6 Å². The molecule has 31 heavy (non-hydrogen) atoms. The number of sulfonamides is 1. The average molecular weight is 465 g/mol. The van der Waals surface area contributed by atoms with E-state index in [4.69, 9.17) is 10.5 Å². The number of carbonyl (C=O) groups excluding carboxylic acids is 1. The van der Waals surface area contributed by atoms with Crippen LogP contribution in [0.4, 0.5) is 15.2 Å². The minimum atomic E-state index is -3.77. The summed E-state index contributed by atoms with van der Waals surface area (Å²) < 4.78 is 46.9.